The molecule has 2 rings (SSSR count). The fourth-order valence-electron chi connectivity index (χ4n) is 1.51. The first-order chi connectivity index (χ1) is 8.02. The van der Waals surface area contributed by atoms with Crippen LogP contribution in [0.1, 0.15) is 11.3 Å². The van der Waals surface area contributed by atoms with Crippen LogP contribution < -0.4 is 5.73 Å². The maximum absolute atomic E-state index is 12.4. The van der Waals surface area contributed by atoms with Crippen LogP contribution >= 0.6 is 0 Å². The predicted octanol–water partition coefficient (Wildman–Crippen LogP) is 2.35. The quantitative estimate of drug-likeness (QED) is 0.877. The van der Waals surface area contributed by atoms with Crippen LogP contribution in [0.2, 0.25) is 0 Å². The summed E-state index contributed by atoms with van der Waals surface area (Å²) in [5.41, 5.74) is 6.11. The number of aromatic nitrogens is 2. The summed E-state index contributed by atoms with van der Waals surface area (Å²) in [6.07, 6.45) is -2.76. The zero-order chi connectivity index (χ0) is 12.5. The molecule has 0 radical (unpaired) electrons. The lowest BCUT2D eigenvalue weighted by Gasteiger charge is -2.09. The lowest BCUT2D eigenvalue weighted by Crippen LogP contribution is -2.08. The molecule has 1 aromatic carbocycles. The van der Waals surface area contributed by atoms with E-state index in [-0.39, 0.29) is 6.54 Å². The monoisotopic (exact) mass is 241 g/mol. The molecule has 90 valence electrons. The minimum absolute atomic E-state index is 0.279. The van der Waals surface area contributed by atoms with E-state index in [0.717, 1.165) is 17.8 Å². The molecule has 0 saturated heterocycles. The average Bonchev–Trinajstić information content (AvgIpc) is 2.76. The number of nitrogens with two attached hydrogens (primary N) is 1. The molecule has 6 heteroatoms. The van der Waals surface area contributed by atoms with Gasteiger partial charge in [-0.1, -0.05) is 0 Å². The summed E-state index contributed by atoms with van der Waals surface area (Å²) < 4.78 is 38.6. The van der Waals surface area contributed by atoms with Gasteiger partial charge >= 0.3 is 6.18 Å². The molecule has 0 unspecified atom stereocenters. The van der Waals surface area contributed by atoms with Gasteiger partial charge in [0.2, 0.25) is 0 Å². The van der Waals surface area contributed by atoms with E-state index < -0.39 is 11.7 Å². The van der Waals surface area contributed by atoms with Crippen LogP contribution in [-0.2, 0) is 12.7 Å². The SMILES string of the molecule is NCc1ccnn1-c1ccc(C(F)(F)F)cc1. The minimum atomic E-state index is -4.32. The summed E-state index contributed by atoms with van der Waals surface area (Å²) in [4.78, 5) is 0. The lowest BCUT2D eigenvalue weighted by molar-refractivity contribution is -0.137. The normalized spacial score (nSPS) is 11.8. The Morgan fingerprint density at radius 1 is 1.12 bits per heavy atom. The molecule has 0 aliphatic carbocycles. The second kappa shape index (κ2) is 4.21. The molecule has 0 amide bonds. The third-order valence-electron chi connectivity index (χ3n) is 2.37. The van der Waals surface area contributed by atoms with Crippen molar-refractivity contribution >= 4 is 0 Å². The summed E-state index contributed by atoms with van der Waals surface area (Å²) in [5, 5.41) is 4.00. The Labute approximate surface area is 95.7 Å². The molecule has 0 atom stereocenters. The van der Waals surface area contributed by atoms with Crippen LogP contribution in [-0.4, -0.2) is 9.78 Å². The van der Waals surface area contributed by atoms with Crippen LogP contribution in [0.25, 0.3) is 5.69 Å². The van der Waals surface area contributed by atoms with Crippen LogP contribution in [0.3, 0.4) is 0 Å². The van der Waals surface area contributed by atoms with E-state index in [0.29, 0.717) is 5.69 Å². The van der Waals surface area contributed by atoms with E-state index in [1.165, 1.54) is 16.8 Å². The Balaban J connectivity index is 2.36. The molecule has 3 nitrogen and oxygen atoms in total. The van der Waals surface area contributed by atoms with Crippen molar-refractivity contribution in [1.29, 1.82) is 0 Å². The summed E-state index contributed by atoms with van der Waals surface area (Å²) in [5.74, 6) is 0. The van der Waals surface area contributed by atoms with Crippen molar-refractivity contribution in [3.05, 3.63) is 47.8 Å². The van der Waals surface area contributed by atoms with E-state index >= 15 is 0 Å². The number of alkyl halides is 3. The Morgan fingerprint density at radius 3 is 2.29 bits per heavy atom. The first kappa shape index (κ1) is 11.7. The molecule has 2 N–H and O–H groups in total. The van der Waals surface area contributed by atoms with E-state index in [2.05, 4.69) is 5.10 Å². The molecule has 2 aromatic rings. The van der Waals surface area contributed by atoms with Gasteiger partial charge in [0.05, 0.1) is 16.9 Å². The van der Waals surface area contributed by atoms with Crippen molar-refractivity contribution in [2.24, 2.45) is 5.73 Å². The number of benzene rings is 1. The van der Waals surface area contributed by atoms with Gasteiger partial charge in [-0.2, -0.15) is 18.3 Å². The minimum Gasteiger partial charge on any atom is -0.325 e. The Hall–Kier alpha value is -1.82. The van der Waals surface area contributed by atoms with Crippen molar-refractivity contribution in [3.63, 3.8) is 0 Å². The highest BCUT2D eigenvalue weighted by Gasteiger charge is 2.30. The third-order valence-corrected chi connectivity index (χ3v) is 2.37. The van der Waals surface area contributed by atoms with E-state index in [1.807, 2.05) is 0 Å². The zero-order valence-electron chi connectivity index (χ0n) is 8.78. The van der Waals surface area contributed by atoms with Crippen molar-refractivity contribution in [1.82, 2.24) is 9.78 Å². The van der Waals surface area contributed by atoms with Gasteiger partial charge in [0.1, 0.15) is 0 Å². The summed E-state index contributed by atoms with van der Waals surface area (Å²) in [7, 11) is 0. The molecule has 1 heterocycles. The van der Waals surface area contributed by atoms with Gasteiger partial charge in [0.15, 0.2) is 0 Å². The summed E-state index contributed by atoms with van der Waals surface area (Å²) in [6, 6.07) is 6.51. The van der Waals surface area contributed by atoms with Crippen LogP contribution in [0.5, 0.6) is 0 Å². The van der Waals surface area contributed by atoms with E-state index in [1.54, 1.807) is 12.3 Å². The molecule has 0 bridgehead atoms. The van der Waals surface area contributed by atoms with Gasteiger partial charge in [-0.05, 0) is 30.3 Å². The maximum Gasteiger partial charge on any atom is 0.416 e. The Bertz CT molecular complexity index is 499. The first-order valence-corrected chi connectivity index (χ1v) is 4.93. The van der Waals surface area contributed by atoms with Gasteiger partial charge in [-0.25, -0.2) is 4.68 Å². The molecule has 0 spiro atoms. The fourth-order valence-corrected chi connectivity index (χ4v) is 1.51. The van der Waals surface area contributed by atoms with Gasteiger partial charge in [-0.15, -0.1) is 0 Å². The average molecular weight is 241 g/mol. The lowest BCUT2D eigenvalue weighted by atomic mass is 10.2. The standard InChI is InChI=1S/C11H10F3N3/c12-11(13,14)8-1-3-9(4-2-8)17-10(7-15)5-6-16-17/h1-6H,7,15H2. The van der Waals surface area contributed by atoms with Gasteiger partial charge in [0.25, 0.3) is 0 Å². The van der Waals surface area contributed by atoms with Crippen molar-refractivity contribution in [2.75, 3.05) is 0 Å². The smallest absolute Gasteiger partial charge is 0.325 e. The number of hydrogen-bond acceptors (Lipinski definition) is 2. The molecule has 1 aromatic heterocycles. The van der Waals surface area contributed by atoms with Gasteiger partial charge in [-0.3, -0.25) is 0 Å². The fraction of sp³-hybridized carbons (Fsp3) is 0.182. The van der Waals surface area contributed by atoms with Crippen LogP contribution in [0.4, 0.5) is 13.2 Å². The molecule has 0 aliphatic rings. The highest BCUT2D eigenvalue weighted by Crippen LogP contribution is 2.29. The number of rotatable bonds is 2. The zero-order valence-corrected chi connectivity index (χ0v) is 8.78. The Kier molecular flexibility index (Phi) is 2.89. The number of halogens is 3. The third kappa shape index (κ3) is 2.31. The molecular formula is C11H10F3N3. The van der Waals surface area contributed by atoms with E-state index in [9.17, 15) is 13.2 Å². The molecular weight excluding hydrogens is 231 g/mol. The molecule has 0 fully saturated rings. The summed E-state index contributed by atoms with van der Waals surface area (Å²) >= 11 is 0. The van der Waals surface area contributed by atoms with Crippen LogP contribution in [0, 0.1) is 0 Å². The van der Waals surface area contributed by atoms with Crippen molar-refractivity contribution < 1.29 is 13.2 Å². The van der Waals surface area contributed by atoms with Gasteiger partial charge < -0.3 is 5.73 Å². The molecule has 0 aliphatic heterocycles. The second-order valence-electron chi connectivity index (χ2n) is 3.48. The largest absolute Gasteiger partial charge is 0.416 e. The summed E-state index contributed by atoms with van der Waals surface area (Å²) in [6.45, 7) is 0.279. The van der Waals surface area contributed by atoms with Crippen molar-refractivity contribution in [2.45, 2.75) is 12.7 Å². The Morgan fingerprint density at radius 2 is 1.76 bits per heavy atom. The van der Waals surface area contributed by atoms with Crippen molar-refractivity contribution in [3.8, 4) is 5.69 Å². The number of hydrogen-bond donors (Lipinski definition) is 1. The first-order valence-electron chi connectivity index (χ1n) is 4.93. The molecule has 0 saturated carbocycles. The highest BCUT2D eigenvalue weighted by molar-refractivity contribution is 5.36. The predicted molar refractivity (Wildman–Crippen MR) is 56.5 cm³/mol. The number of nitrogens with zero attached hydrogens (tertiary/aromatic N) is 2. The maximum atomic E-state index is 12.4. The van der Waals surface area contributed by atoms with Crippen LogP contribution in [0.15, 0.2) is 36.5 Å². The molecule has 17 heavy (non-hydrogen) atoms. The van der Waals surface area contributed by atoms with E-state index in [4.69, 9.17) is 5.73 Å². The van der Waals surface area contributed by atoms with Gasteiger partial charge in [0, 0.05) is 12.7 Å². The second-order valence-corrected chi connectivity index (χ2v) is 3.48. The highest BCUT2D eigenvalue weighted by atomic mass is 19.4. The topological polar surface area (TPSA) is 43.8 Å².